The van der Waals surface area contributed by atoms with Crippen LogP contribution in [0, 0.1) is 5.92 Å². The Kier molecular flexibility index (Phi) is 6.66. The van der Waals surface area contributed by atoms with Crippen LogP contribution in [0.3, 0.4) is 0 Å². The van der Waals surface area contributed by atoms with E-state index in [1.807, 2.05) is 18.2 Å². The summed E-state index contributed by atoms with van der Waals surface area (Å²) in [6, 6.07) is 10.2. The van der Waals surface area contributed by atoms with Crippen molar-refractivity contribution in [3.63, 3.8) is 0 Å². The molecule has 1 atom stereocenters. The van der Waals surface area contributed by atoms with Crippen molar-refractivity contribution in [1.29, 1.82) is 0 Å². The molecular formula is C18H27N5O. The normalized spacial score (nSPS) is 13.0. The lowest BCUT2D eigenvalue weighted by molar-refractivity contribution is 0.271. The summed E-state index contributed by atoms with van der Waals surface area (Å²) in [6.07, 6.45) is 1.73. The summed E-state index contributed by atoms with van der Waals surface area (Å²) in [5, 5.41) is 13.5. The number of nitrogens with one attached hydrogen (secondary N) is 3. The molecule has 1 heterocycles. The third-order valence-electron chi connectivity index (χ3n) is 3.54. The molecule has 1 aromatic heterocycles. The Morgan fingerprint density at radius 2 is 1.96 bits per heavy atom. The summed E-state index contributed by atoms with van der Waals surface area (Å²) >= 11 is 0. The van der Waals surface area contributed by atoms with Crippen LogP contribution in [0.4, 0.5) is 0 Å². The maximum absolute atomic E-state index is 5.72. The number of H-pyrrole nitrogens is 1. The van der Waals surface area contributed by atoms with E-state index in [0.29, 0.717) is 12.5 Å². The SMILES string of the molecule is CN=C(NCc1ccn[nH]1)NC(C)c1ccc(OCC(C)C)cc1. The van der Waals surface area contributed by atoms with E-state index >= 15 is 0 Å². The van der Waals surface area contributed by atoms with E-state index in [1.54, 1.807) is 13.2 Å². The number of aromatic nitrogens is 2. The van der Waals surface area contributed by atoms with E-state index in [1.165, 1.54) is 5.56 Å². The Morgan fingerprint density at radius 3 is 2.54 bits per heavy atom. The number of benzene rings is 1. The number of guanidine groups is 1. The summed E-state index contributed by atoms with van der Waals surface area (Å²) in [5.41, 5.74) is 2.19. The fourth-order valence-electron chi connectivity index (χ4n) is 2.16. The van der Waals surface area contributed by atoms with E-state index in [0.717, 1.165) is 24.0 Å². The number of aromatic amines is 1. The minimum atomic E-state index is 0.136. The second kappa shape index (κ2) is 8.96. The van der Waals surface area contributed by atoms with Gasteiger partial charge in [-0.25, -0.2) is 0 Å². The molecule has 0 bridgehead atoms. The lowest BCUT2D eigenvalue weighted by Gasteiger charge is -2.18. The minimum Gasteiger partial charge on any atom is -0.493 e. The number of aliphatic imine (C=N–C) groups is 1. The van der Waals surface area contributed by atoms with Crippen molar-refractivity contribution < 1.29 is 4.74 Å². The number of nitrogens with zero attached hydrogens (tertiary/aromatic N) is 2. The van der Waals surface area contributed by atoms with Gasteiger partial charge in [0, 0.05) is 13.2 Å². The van der Waals surface area contributed by atoms with Gasteiger partial charge in [-0.15, -0.1) is 0 Å². The van der Waals surface area contributed by atoms with Gasteiger partial charge < -0.3 is 15.4 Å². The standard InChI is InChI=1S/C18H27N5O/c1-13(2)12-24-17-7-5-15(6-8-17)14(3)22-18(19-4)20-11-16-9-10-21-23-16/h5-10,13-14H,11-12H2,1-4H3,(H,21,23)(H2,19,20,22). The summed E-state index contributed by atoms with van der Waals surface area (Å²) in [6.45, 7) is 7.77. The highest BCUT2D eigenvalue weighted by Crippen LogP contribution is 2.18. The number of hydrogen-bond acceptors (Lipinski definition) is 3. The summed E-state index contributed by atoms with van der Waals surface area (Å²) < 4.78 is 5.72. The largest absolute Gasteiger partial charge is 0.493 e. The van der Waals surface area contributed by atoms with Crippen LogP contribution in [0.15, 0.2) is 41.5 Å². The molecule has 0 radical (unpaired) electrons. The van der Waals surface area contributed by atoms with Crippen LogP contribution in [0.1, 0.15) is 38.1 Å². The monoisotopic (exact) mass is 329 g/mol. The topological polar surface area (TPSA) is 74.3 Å². The quantitative estimate of drug-likeness (QED) is 0.539. The first-order valence-corrected chi connectivity index (χ1v) is 8.26. The third-order valence-corrected chi connectivity index (χ3v) is 3.54. The Hall–Kier alpha value is -2.50. The molecular weight excluding hydrogens is 302 g/mol. The maximum Gasteiger partial charge on any atom is 0.191 e. The molecule has 0 amide bonds. The molecule has 0 aliphatic carbocycles. The predicted octanol–water partition coefficient (Wildman–Crippen LogP) is 2.87. The molecule has 0 fully saturated rings. The smallest absolute Gasteiger partial charge is 0.191 e. The van der Waals surface area contributed by atoms with E-state index in [2.05, 4.69) is 58.7 Å². The van der Waals surface area contributed by atoms with Crippen molar-refractivity contribution in [2.75, 3.05) is 13.7 Å². The molecule has 0 saturated carbocycles. The van der Waals surface area contributed by atoms with E-state index in [9.17, 15) is 0 Å². The van der Waals surface area contributed by atoms with Crippen LogP contribution in [0.2, 0.25) is 0 Å². The van der Waals surface area contributed by atoms with Gasteiger partial charge in [-0.2, -0.15) is 5.10 Å². The minimum absolute atomic E-state index is 0.136. The van der Waals surface area contributed by atoms with Crippen LogP contribution in [0.5, 0.6) is 5.75 Å². The van der Waals surface area contributed by atoms with Crippen LogP contribution in [0.25, 0.3) is 0 Å². The van der Waals surface area contributed by atoms with Crippen molar-refractivity contribution in [3.8, 4) is 5.75 Å². The van der Waals surface area contributed by atoms with Crippen LogP contribution < -0.4 is 15.4 Å². The van der Waals surface area contributed by atoms with Gasteiger partial charge in [0.05, 0.1) is 24.9 Å². The molecule has 2 rings (SSSR count). The van der Waals surface area contributed by atoms with Gasteiger partial charge in [0.2, 0.25) is 0 Å². The summed E-state index contributed by atoms with van der Waals surface area (Å²) in [7, 11) is 1.76. The predicted molar refractivity (Wildman–Crippen MR) is 97.1 cm³/mol. The Bertz CT molecular complexity index is 619. The Balaban J connectivity index is 1.86. The fraction of sp³-hybridized carbons (Fsp3) is 0.444. The zero-order chi connectivity index (χ0) is 17.4. The summed E-state index contributed by atoms with van der Waals surface area (Å²) in [4.78, 5) is 4.25. The molecule has 3 N–H and O–H groups in total. The number of rotatable bonds is 7. The van der Waals surface area contributed by atoms with Crippen LogP contribution >= 0.6 is 0 Å². The molecule has 130 valence electrons. The highest BCUT2D eigenvalue weighted by Gasteiger charge is 2.08. The third kappa shape index (κ3) is 5.61. The van der Waals surface area contributed by atoms with Crippen molar-refractivity contribution in [2.45, 2.75) is 33.4 Å². The van der Waals surface area contributed by atoms with Crippen molar-refractivity contribution in [2.24, 2.45) is 10.9 Å². The lowest BCUT2D eigenvalue weighted by atomic mass is 10.1. The zero-order valence-corrected chi connectivity index (χ0v) is 14.8. The lowest BCUT2D eigenvalue weighted by Crippen LogP contribution is -2.38. The summed E-state index contributed by atoms with van der Waals surface area (Å²) in [5.74, 6) is 2.17. The van der Waals surface area contributed by atoms with Gasteiger partial charge in [-0.05, 0) is 36.6 Å². The van der Waals surface area contributed by atoms with E-state index in [4.69, 9.17) is 4.74 Å². The van der Waals surface area contributed by atoms with Crippen molar-refractivity contribution >= 4 is 5.96 Å². The van der Waals surface area contributed by atoms with Gasteiger partial charge in [-0.3, -0.25) is 10.1 Å². The molecule has 6 nitrogen and oxygen atoms in total. The van der Waals surface area contributed by atoms with E-state index in [-0.39, 0.29) is 6.04 Å². The van der Waals surface area contributed by atoms with Crippen LogP contribution in [-0.4, -0.2) is 29.8 Å². The van der Waals surface area contributed by atoms with Crippen molar-refractivity contribution in [3.05, 3.63) is 47.8 Å². The first kappa shape index (κ1) is 17.8. The molecule has 1 unspecified atom stereocenters. The molecule has 0 saturated heterocycles. The molecule has 24 heavy (non-hydrogen) atoms. The highest BCUT2D eigenvalue weighted by atomic mass is 16.5. The first-order valence-electron chi connectivity index (χ1n) is 8.26. The van der Waals surface area contributed by atoms with E-state index < -0.39 is 0 Å². The van der Waals surface area contributed by atoms with Gasteiger partial charge in [-0.1, -0.05) is 26.0 Å². The molecule has 0 aliphatic heterocycles. The maximum atomic E-state index is 5.72. The second-order valence-electron chi connectivity index (χ2n) is 6.15. The zero-order valence-electron chi connectivity index (χ0n) is 14.8. The average Bonchev–Trinajstić information content (AvgIpc) is 3.10. The average molecular weight is 329 g/mol. The molecule has 2 aromatic rings. The highest BCUT2D eigenvalue weighted by molar-refractivity contribution is 5.80. The Labute approximate surface area is 143 Å². The molecule has 0 aliphatic rings. The molecule has 0 spiro atoms. The molecule has 1 aromatic carbocycles. The van der Waals surface area contributed by atoms with Gasteiger partial charge in [0.1, 0.15) is 5.75 Å². The Morgan fingerprint density at radius 1 is 1.21 bits per heavy atom. The van der Waals surface area contributed by atoms with Gasteiger partial charge >= 0.3 is 0 Å². The number of ether oxygens (including phenoxy) is 1. The van der Waals surface area contributed by atoms with Crippen LogP contribution in [-0.2, 0) is 6.54 Å². The first-order chi connectivity index (χ1) is 11.6. The van der Waals surface area contributed by atoms with Crippen molar-refractivity contribution in [1.82, 2.24) is 20.8 Å². The number of hydrogen-bond donors (Lipinski definition) is 3. The molecule has 6 heteroatoms. The second-order valence-corrected chi connectivity index (χ2v) is 6.15. The van der Waals surface area contributed by atoms with Gasteiger partial charge in [0.15, 0.2) is 5.96 Å². The van der Waals surface area contributed by atoms with Gasteiger partial charge in [0.25, 0.3) is 0 Å². The fourth-order valence-corrected chi connectivity index (χ4v) is 2.16.